The highest BCUT2D eigenvalue weighted by atomic mass is 19.1. The van der Waals surface area contributed by atoms with Gasteiger partial charge in [-0.2, -0.15) is 0 Å². The smallest absolute Gasteiger partial charge is 0.230 e. The quantitative estimate of drug-likeness (QED) is 0.764. The third kappa shape index (κ3) is 2.06. The first kappa shape index (κ1) is 11.4. The molecule has 0 aliphatic rings. The van der Waals surface area contributed by atoms with Gasteiger partial charge in [0.15, 0.2) is 0 Å². The molecule has 0 saturated heterocycles. The minimum atomic E-state index is -0.401. The molecule has 2 N–H and O–H groups in total. The van der Waals surface area contributed by atoms with E-state index in [1.807, 2.05) is 30.3 Å². The third-order valence-electron chi connectivity index (χ3n) is 2.75. The monoisotopic (exact) mass is 255 g/mol. The fraction of sp³-hybridized carbons (Fsp3) is 0. The van der Waals surface area contributed by atoms with E-state index in [0.29, 0.717) is 17.0 Å². The predicted octanol–water partition coefficient (Wildman–Crippen LogP) is 3.12. The Bertz CT molecular complexity index is 692. The molecule has 1 aromatic carbocycles. The van der Waals surface area contributed by atoms with Crippen LogP contribution in [0.4, 0.5) is 10.3 Å². The molecule has 0 atom stereocenters. The molecule has 0 radical (unpaired) electrons. The lowest BCUT2D eigenvalue weighted by Crippen LogP contribution is -1.89. The van der Waals surface area contributed by atoms with Crippen LogP contribution in [0.1, 0.15) is 0 Å². The zero-order chi connectivity index (χ0) is 13.2. The summed E-state index contributed by atoms with van der Waals surface area (Å²) in [6.45, 7) is 0. The number of pyridine rings is 1. The maximum absolute atomic E-state index is 12.9. The highest BCUT2D eigenvalue weighted by Gasteiger charge is 2.18. The van der Waals surface area contributed by atoms with E-state index in [-0.39, 0.29) is 5.88 Å². The van der Waals surface area contributed by atoms with Crippen LogP contribution in [0.25, 0.3) is 22.5 Å². The van der Waals surface area contributed by atoms with E-state index < -0.39 is 5.82 Å². The van der Waals surface area contributed by atoms with Crippen molar-refractivity contribution in [1.82, 2.24) is 10.1 Å². The average Bonchev–Trinajstić information content (AvgIpc) is 2.82. The Kier molecular flexibility index (Phi) is 2.72. The lowest BCUT2D eigenvalue weighted by molar-refractivity contribution is 0.439. The minimum absolute atomic E-state index is 0.215. The zero-order valence-corrected chi connectivity index (χ0v) is 9.88. The van der Waals surface area contributed by atoms with Crippen LogP contribution in [0.3, 0.4) is 0 Å². The van der Waals surface area contributed by atoms with Crippen molar-refractivity contribution in [3.8, 4) is 22.5 Å². The molecule has 94 valence electrons. The SMILES string of the molecule is Nc1onc(-c2ccc(F)cn2)c1-c1ccccc1. The van der Waals surface area contributed by atoms with Crippen molar-refractivity contribution in [3.05, 3.63) is 54.5 Å². The van der Waals surface area contributed by atoms with Gasteiger partial charge in [-0.15, -0.1) is 0 Å². The van der Waals surface area contributed by atoms with Gasteiger partial charge >= 0.3 is 0 Å². The molecule has 0 spiro atoms. The van der Waals surface area contributed by atoms with Crippen LogP contribution in [0.15, 0.2) is 53.2 Å². The topological polar surface area (TPSA) is 64.9 Å². The van der Waals surface area contributed by atoms with Crippen molar-refractivity contribution < 1.29 is 8.91 Å². The number of anilines is 1. The lowest BCUT2D eigenvalue weighted by atomic mass is 10.0. The number of hydrogen-bond acceptors (Lipinski definition) is 4. The Balaban J connectivity index is 2.16. The summed E-state index contributed by atoms with van der Waals surface area (Å²) in [4.78, 5) is 3.99. The zero-order valence-electron chi connectivity index (χ0n) is 9.88. The molecule has 3 rings (SSSR count). The summed E-state index contributed by atoms with van der Waals surface area (Å²) in [5.74, 6) is -0.186. The number of benzene rings is 1. The van der Waals surface area contributed by atoms with Crippen molar-refractivity contribution in [2.24, 2.45) is 0 Å². The Morgan fingerprint density at radius 1 is 1.05 bits per heavy atom. The molecule has 2 aromatic heterocycles. The molecule has 2 heterocycles. The molecule has 0 saturated carbocycles. The predicted molar refractivity (Wildman–Crippen MR) is 69.5 cm³/mol. The van der Waals surface area contributed by atoms with Crippen LogP contribution in [0, 0.1) is 5.82 Å². The molecular formula is C14H10FN3O. The van der Waals surface area contributed by atoms with Crippen LogP contribution in [-0.4, -0.2) is 10.1 Å². The summed E-state index contributed by atoms with van der Waals surface area (Å²) in [7, 11) is 0. The normalized spacial score (nSPS) is 10.6. The maximum atomic E-state index is 12.9. The highest BCUT2D eigenvalue weighted by molar-refractivity contribution is 5.85. The van der Waals surface area contributed by atoms with Crippen molar-refractivity contribution in [2.45, 2.75) is 0 Å². The number of rotatable bonds is 2. The Hall–Kier alpha value is -2.69. The fourth-order valence-corrected chi connectivity index (χ4v) is 1.88. The lowest BCUT2D eigenvalue weighted by Gasteiger charge is -2.01. The maximum Gasteiger partial charge on any atom is 0.230 e. The number of nitrogen functional groups attached to an aromatic ring is 1. The number of halogens is 1. The van der Waals surface area contributed by atoms with E-state index >= 15 is 0 Å². The van der Waals surface area contributed by atoms with Gasteiger partial charge in [-0.25, -0.2) is 4.39 Å². The van der Waals surface area contributed by atoms with E-state index in [1.54, 1.807) is 6.07 Å². The molecule has 3 aromatic rings. The fourth-order valence-electron chi connectivity index (χ4n) is 1.88. The van der Waals surface area contributed by atoms with E-state index in [2.05, 4.69) is 10.1 Å². The molecule has 5 heteroatoms. The first-order valence-corrected chi connectivity index (χ1v) is 5.68. The van der Waals surface area contributed by atoms with Gasteiger partial charge in [0.1, 0.15) is 11.5 Å². The van der Waals surface area contributed by atoms with Gasteiger partial charge in [0.05, 0.1) is 17.5 Å². The summed E-state index contributed by atoms with van der Waals surface area (Å²) in [5, 5.41) is 3.91. The van der Waals surface area contributed by atoms with Crippen molar-refractivity contribution in [1.29, 1.82) is 0 Å². The van der Waals surface area contributed by atoms with Gasteiger partial charge in [-0.05, 0) is 17.7 Å². The van der Waals surface area contributed by atoms with Crippen molar-refractivity contribution in [2.75, 3.05) is 5.73 Å². The molecule has 0 aliphatic carbocycles. The van der Waals surface area contributed by atoms with Gasteiger partial charge in [0, 0.05) is 0 Å². The third-order valence-corrected chi connectivity index (χ3v) is 2.75. The van der Waals surface area contributed by atoms with E-state index in [0.717, 1.165) is 11.8 Å². The van der Waals surface area contributed by atoms with E-state index in [4.69, 9.17) is 10.3 Å². The molecule has 19 heavy (non-hydrogen) atoms. The Labute approximate surface area is 108 Å². The van der Waals surface area contributed by atoms with Gasteiger partial charge < -0.3 is 10.3 Å². The number of nitrogens with two attached hydrogens (primary N) is 1. The summed E-state index contributed by atoms with van der Waals surface area (Å²) < 4.78 is 17.9. The molecule has 0 unspecified atom stereocenters. The molecule has 0 fully saturated rings. The van der Waals surface area contributed by atoms with Crippen molar-refractivity contribution >= 4 is 5.88 Å². The van der Waals surface area contributed by atoms with Gasteiger partial charge in [0.2, 0.25) is 5.88 Å². The summed E-state index contributed by atoms with van der Waals surface area (Å²) in [6.07, 6.45) is 1.13. The first-order valence-electron chi connectivity index (χ1n) is 5.68. The molecular weight excluding hydrogens is 245 g/mol. The Morgan fingerprint density at radius 3 is 2.53 bits per heavy atom. The van der Waals surface area contributed by atoms with Crippen LogP contribution < -0.4 is 5.73 Å². The second kappa shape index (κ2) is 4.53. The van der Waals surface area contributed by atoms with Gasteiger partial charge in [-0.1, -0.05) is 35.5 Å². The van der Waals surface area contributed by atoms with E-state index in [1.165, 1.54) is 6.07 Å². The number of hydrogen-bond donors (Lipinski definition) is 1. The second-order valence-electron chi connectivity index (χ2n) is 4.00. The van der Waals surface area contributed by atoms with Crippen molar-refractivity contribution in [3.63, 3.8) is 0 Å². The molecule has 4 nitrogen and oxygen atoms in total. The standard InChI is InChI=1S/C14H10FN3O/c15-10-6-7-11(17-8-10)13-12(14(16)19-18-13)9-4-2-1-3-5-9/h1-8H,16H2. The van der Waals surface area contributed by atoms with Crippen LogP contribution in [-0.2, 0) is 0 Å². The summed E-state index contributed by atoms with van der Waals surface area (Å²) in [6, 6.07) is 12.4. The molecule has 0 aliphatic heterocycles. The van der Waals surface area contributed by atoms with Crippen LogP contribution in [0.2, 0.25) is 0 Å². The Morgan fingerprint density at radius 2 is 1.84 bits per heavy atom. The van der Waals surface area contributed by atoms with Gasteiger partial charge in [0.25, 0.3) is 0 Å². The van der Waals surface area contributed by atoms with E-state index in [9.17, 15) is 4.39 Å². The van der Waals surface area contributed by atoms with Crippen LogP contribution in [0.5, 0.6) is 0 Å². The average molecular weight is 255 g/mol. The van der Waals surface area contributed by atoms with Gasteiger partial charge in [-0.3, -0.25) is 4.98 Å². The molecule has 0 amide bonds. The van der Waals surface area contributed by atoms with Crippen LogP contribution >= 0.6 is 0 Å². The highest BCUT2D eigenvalue weighted by Crippen LogP contribution is 2.34. The number of nitrogens with zero attached hydrogens (tertiary/aromatic N) is 2. The minimum Gasteiger partial charge on any atom is -0.367 e. The second-order valence-corrected chi connectivity index (χ2v) is 4.00. The number of aromatic nitrogens is 2. The molecule has 0 bridgehead atoms. The summed E-state index contributed by atoms with van der Waals surface area (Å²) >= 11 is 0. The largest absolute Gasteiger partial charge is 0.367 e. The first-order chi connectivity index (χ1) is 9.25. The summed E-state index contributed by atoms with van der Waals surface area (Å²) in [5.41, 5.74) is 8.37.